The van der Waals surface area contributed by atoms with Gasteiger partial charge in [-0.25, -0.2) is 4.98 Å². The van der Waals surface area contributed by atoms with Crippen LogP contribution in [0.15, 0.2) is 53.2 Å². The highest BCUT2D eigenvalue weighted by molar-refractivity contribution is 5.79. The van der Waals surface area contributed by atoms with E-state index in [2.05, 4.69) is 20.0 Å². The van der Waals surface area contributed by atoms with E-state index in [0.29, 0.717) is 37.6 Å². The van der Waals surface area contributed by atoms with Crippen molar-refractivity contribution in [3.05, 3.63) is 60.1 Å². The van der Waals surface area contributed by atoms with Crippen LogP contribution in [0, 0.1) is 0 Å². The number of amides is 1. The summed E-state index contributed by atoms with van der Waals surface area (Å²) in [5, 5.41) is 3.98. The molecule has 4 rings (SSSR count). The van der Waals surface area contributed by atoms with Gasteiger partial charge in [0.05, 0.1) is 6.42 Å². The van der Waals surface area contributed by atoms with Crippen LogP contribution < -0.4 is 4.90 Å². The molecular weight excluding hydrogens is 354 g/mol. The number of anilines is 1. The molecule has 0 N–H and O–H groups in total. The number of rotatable bonds is 5. The number of hydrogen-bond acceptors (Lipinski definition) is 6. The average molecular weight is 377 g/mol. The minimum absolute atomic E-state index is 0.179. The molecule has 28 heavy (non-hydrogen) atoms. The van der Waals surface area contributed by atoms with Crippen LogP contribution in [0.2, 0.25) is 0 Å². The molecule has 0 spiro atoms. The van der Waals surface area contributed by atoms with Gasteiger partial charge in [-0.2, -0.15) is 4.98 Å². The molecule has 7 heteroatoms. The van der Waals surface area contributed by atoms with Gasteiger partial charge in [0.2, 0.25) is 17.6 Å². The Balaban J connectivity index is 1.34. The standard InChI is InChI=1S/C21H23N5O2/c1-2-19-23-21(24-28-19)17-8-9-18(22-15-17)25-10-12-26(13-11-25)20(27)14-16-6-4-3-5-7-16/h3-9,15H,2,10-14H2,1H3. The molecule has 1 fully saturated rings. The Bertz CT molecular complexity index is 915. The van der Waals surface area contributed by atoms with Crippen LogP contribution in [-0.2, 0) is 17.6 Å². The lowest BCUT2D eigenvalue weighted by Crippen LogP contribution is -2.49. The summed E-state index contributed by atoms with van der Waals surface area (Å²) in [6.07, 6.45) is 2.94. The predicted molar refractivity (Wildman–Crippen MR) is 106 cm³/mol. The summed E-state index contributed by atoms with van der Waals surface area (Å²) >= 11 is 0. The first-order chi connectivity index (χ1) is 13.7. The highest BCUT2D eigenvalue weighted by Gasteiger charge is 2.22. The fourth-order valence-electron chi connectivity index (χ4n) is 3.29. The number of carbonyl (C=O) groups excluding carboxylic acids is 1. The van der Waals surface area contributed by atoms with Crippen molar-refractivity contribution < 1.29 is 9.32 Å². The normalized spacial score (nSPS) is 14.3. The predicted octanol–water partition coefficient (Wildman–Crippen LogP) is 2.59. The maximum atomic E-state index is 12.5. The minimum Gasteiger partial charge on any atom is -0.353 e. The Labute approximate surface area is 164 Å². The molecule has 1 amide bonds. The van der Waals surface area contributed by atoms with E-state index >= 15 is 0 Å². The van der Waals surface area contributed by atoms with Crippen LogP contribution in [0.3, 0.4) is 0 Å². The maximum absolute atomic E-state index is 12.5. The van der Waals surface area contributed by atoms with E-state index in [1.165, 1.54) is 0 Å². The monoisotopic (exact) mass is 377 g/mol. The molecule has 0 aliphatic carbocycles. The van der Waals surface area contributed by atoms with E-state index in [1.807, 2.05) is 54.3 Å². The van der Waals surface area contributed by atoms with E-state index < -0.39 is 0 Å². The zero-order chi connectivity index (χ0) is 19.3. The van der Waals surface area contributed by atoms with E-state index in [1.54, 1.807) is 6.20 Å². The molecule has 2 aromatic heterocycles. The lowest BCUT2D eigenvalue weighted by molar-refractivity contribution is -0.130. The highest BCUT2D eigenvalue weighted by atomic mass is 16.5. The Kier molecular flexibility index (Phi) is 5.32. The zero-order valence-electron chi connectivity index (χ0n) is 15.9. The molecule has 1 aromatic carbocycles. The van der Waals surface area contributed by atoms with Gasteiger partial charge >= 0.3 is 0 Å². The first-order valence-electron chi connectivity index (χ1n) is 9.58. The summed E-state index contributed by atoms with van der Waals surface area (Å²) < 4.78 is 5.15. The number of hydrogen-bond donors (Lipinski definition) is 0. The van der Waals surface area contributed by atoms with Crippen LogP contribution in [0.1, 0.15) is 18.4 Å². The topological polar surface area (TPSA) is 75.4 Å². The van der Waals surface area contributed by atoms with Crippen molar-refractivity contribution in [1.29, 1.82) is 0 Å². The van der Waals surface area contributed by atoms with Crippen LogP contribution >= 0.6 is 0 Å². The van der Waals surface area contributed by atoms with Gasteiger partial charge in [-0.3, -0.25) is 4.79 Å². The second-order valence-corrected chi connectivity index (χ2v) is 6.80. The van der Waals surface area contributed by atoms with Crippen molar-refractivity contribution in [2.75, 3.05) is 31.1 Å². The molecule has 3 aromatic rings. The van der Waals surface area contributed by atoms with Crippen molar-refractivity contribution >= 4 is 11.7 Å². The number of carbonyl (C=O) groups is 1. The molecule has 1 aliphatic heterocycles. The number of aromatic nitrogens is 3. The van der Waals surface area contributed by atoms with Gasteiger partial charge in [-0.1, -0.05) is 42.4 Å². The van der Waals surface area contributed by atoms with Gasteiger partial charge in [-0.15, -0.1) is 0 Å². The average Bonchev–Trinajstić information content (AvgIpc) is 3.24. The maximum Gasteiger partial charge on any atom is 0.227 e. The van der Waals surface area contributed by atoms with Gasteiger partial charge in [0.1, 0.15) is 5.82 Å². The number of nitrogens with zero attached hydrogens (tertiary/aromatic N) is 5. The van der Waals surface area contributed by atoms with Gasteiger partial charge in [0.15, 0.2) is 0 Å². The summed E-state index contributed by atoms with van der Waals surface area (Å²) in [5.74, 6) is 2.26. The lowest BCUT2D eigenvalue weighted by Gasteiger charge is -2.35. The van der Waals surface area contributed by atoms with E-state index in [0.717, 1.165) is 30.0 Å². The number of piperazine rings is 1. The molecule has 1 saturated heterocycles. The molecule has 1 aliphatic rings. The first kappa shape index (κ1) is 18.2. The highest BCUT2D eigenvalue weighted by Crippen LogP contribution is 2.20. The molecular formula is C21H23N5O2. The van der Waals surface area contributed by atoms with Crippen LogP contribution in [0.25, 0.3) is 11.4 Å². The van der Waals surface area contributed by atoms with Crippen molar-refractivity contribution in [1.82, 2.24) is 20.0 Å². The molecule has 7 nitrogen and oxygen atoms in total. The second-order valence-electron chi connectivity index (χ2n) is 6.80. The van der Waals surface area contributed by atoms with Gasteiger partial charge < -0.3 is 14.3 Å². The Morgan fingerprint density at radius 2 is 1.86 bits per heavy atom. The third-order valence-electron chi connectivity index (χ3n) is 4.93. The molecule has 3 heterocycles. The summed E-state index contributed by atoms with van der Waals surface area (Å²) in [5.41, 5.74) is 1.89. The SMILES string of the molecule is CCc1nc(-c2ccc(N3CCN(C(=O)Cc4ccccc4)CC3)nc2)no1. The Hall–Kier alpha value is -3.22. The van der Waals surface area contributed by atoms with Gasteiger partial charge in [0, 0.05) is 44.4 Å². The fourth-order valence-corrected chi connectivity index (χ4v) is 3.29. The van der Waals surface area contributed by atoms with Crippen LogP contribution in [-0.4, -0.2) is 52.1 Å². The number of aryl methyl sites for hydroxylation is 1. The molecule has 0 unspecified atom stereocenters. The zero-order valence-corrected chi connectivity index (χ0v) is 15.9. The summed E-state index contributed by atoms with van der Waals surface area (Å²) in [6.45, 7) is 4.94. The molecule has 0 atom stereocenters. The first-order valence-corrected chi connectivity index (χ1v) is 9.58. The largest absolute Gasteiger partial charge is 0.353 e. The van der Waals surface area contributed by atoms with Crippen molar-refractivity contribution in [3.8, 4) is 11.4 Å². The third kappa shape index (κ3) is 4.03. The van der Waals surface area contributed by atoms with Crippen molar-refractivity contribution in [2.45, 2.75) is 19.8 Å². The van der Waals surface area contributed by atoms with Crippen LogP contribution in [0.4, 0.5) is 5.82 Å². The smallest absolute Gasteiger partial charge is 0.227 e. The van der Waals surface area contributed by atoms with Gasteiger partial charge in [-0.05, 0) is 17.7 Å². The Morgan fingerprint density at radius 1 is 1.07 bits per heavy atom. The quantitative estimate of drug-likeness (QED) is 0.680. The number of pyridine rings is 1. The number of benzene rings is 1. The molecule has 0 saturated carbocycles. The van der Waals surface area contributed by atoms with E-state index in [-0.39, 0.29) is 5.91 Å². The lowest BCUT2D eigenvalue weighted by atomic mass is 10.1. The second kappa shape index (κ2) is 8.21. The summed E-state index contributed by atoms with van der Waals surface area (Å²) in [7, 11) is 0. The van der Waals surface area contributed by atoms with Crippen molar-refractivity contribution in [2.24, 2.45) is 0 Å². The van der Waals surface area contributed by atoms with Crippen molar-refractivity contribution in [3.63, 3.8) is 0 Å². The summed E-state index contributed by atoms with van der Waals surface area (Å²) in [6, 6.07) is 13.8. The molecule has 144 valence electrons. The molecule has 0 radical (unpaired) electrons. The summed E-state index contributed by atoms with van der Waals surface area (Å²) in [4.78, 5) is 25.5. The Morgan fingerprint density at radius 3 is 2.50 bits per heavy atom. The van der Waals surface area contributed by atoms with Gasteiger partial charge in [0.25, 0.3) is 0 Å². The minimum atomic E-state index is 0.179. The van der Waals surface area contributed by atoms with Crippen LogP contribution in [0.5, 0.6) is 0 Å². The van der Waals surface area contributed by atoms with E-state index in [4.69, 9.17) is 4.52 Å². The molecule has 0 bridgehead atoms. The fraction of sp³-hybridized carbons (Fsp3) is 0.333. The third-order valence-corrected chi connectivity index (χ3v) is 4.93. The van der Waals surface area contributed by atoms with E-state index in [9.17, 15) is 4.79 Å².